The molecule has 0 radical (unpaired) electrons. The number of carbonyl (C=O) groups excluding carboxylic acids is 3. The number of esters is 2. The third-order valence-electron chi connectivity index (χ3n) is 9.89. The van der Waals surface area contributed by atoms with Crippen LogP contribution in [0.25, 0.3) is 17.1 Å². The SMILES string of the molecule is C=CCCC[C@@H]1CCC[C@H]1OC(=O)C[C@H](C(=O)N1C[C@H](Oc2nc3cc(OC)ccc3nc2C=C)[C@@H](CC)[C@H]1C(=O)OC(C)(C)C)C(C)(C)C. The number of allylic oxidation sites excluding steroid dienone is 1. The summed E-state index contributed by atoms with van der Waals surface area (Å²) in [6, 6.07) is 4.47. The average molecular weight is 692 g/mol. The van der Waals surface area contributed by atoms with Crippen LogP contribution in [0, 0.1) is 23.2 Å². The third kappa shape index (κ3) is 9.43. The number of likely N-dealkylation sites (tertiary alicyclic amines) is 1. The van der Waals surface area contributed by atoms with Crippen molar-refractivity contribution in [1.29, 1.82) is 0 Å². The molecule has 1 saturated heterocycles. The second-order valence-corrected chi connectivity index (χ2v) is 15.7. The Labute approximate surface area is 298 Å². The number of carbonyl (C=O) groups is 3. The second kappa shape index (κ2) is 16.4. The number of hydrogen-bond donors (Lipinski definition) is 0. The highest BCUT2D eigenvalue weighted by Gasteiger charge is 2.52. The Kier molecular flexibility index (Phi) is 12.7. The van der Waals surface area contributed by atoms with E-state index in [0.29, 0.717) is 34.8 Å². The standard InChI is InChI=1S/C40H57N3O7/c1-11-14-15-17-25-18-16-19-32(25)48-34(44)23-28(39(4,5)6)37(45)43-24-33(27(12-2)35(43)38(46)50-40(7,8)9)49-36-29(13-3)41-30-21-20-26(47-10)22-31(30)42-36/h11,13,20-22,25,27-28,32-33,35H,1,3,12,14-19,23-24H2,2,4-10H3/t25-,27-,28-,32-,33+,35+/m1/s1. The molecular formula is C40H57N3O7. The summed E-state index contributed by atoms with van der Waals surface area (Å²) in [4.78, 5) is 53.2. The van der Waals surface area contributed by atoms with E-state index in [4.69, 9.17) is 28.9 Å². The number of aromatic nitrogens is 2. The highest BCUT2D eigenvalue weighted by Crippen LogP contribution is 2.39. The molecule has 4 rings (SSSR count). The van der Waals surface area contributed by atoms with Crippen LogP contribution in [0.4, 0.5) is 0 Å². The van der Waals surface area contributed by atoms with E-state index < -0.39 is 41.0 Å². The molecule has 50 heavy (non-hydrogen) atoms. The van der Waals surface area contributed by atoms with Crippen LogP contribution in [0.1, 0.15) is 106 Å². The normalized spacial score (nSPS) is 23.0. The lowest BCUT2D eigenvalue weighted by atomic mass is 9.77. The van der Waals surface area contributed by atoms with Crippen LogP contribution in [0.2, 0.25) is 0 Å². The van der Waals surface area contributed by atoms with Gasteiger partial charge in [-0.25, -0.2) is 14.8 Å². The molecule has 2 heterocycles. The van der Waals surface area contributed by atoms with Gasteiger partial charge in [-0.15, -0.1) is 6.58 Å². The van der Waals surface area contributed by atoms with Crippen LogP contribution in [0.5, 0.6) is 11.6 Å². The zero-order chi connectivity index (χ0) is 36.8. The molecule has 2 aromatic rings. The number of unbranched alkanes of at least 4 members (excludes halogenated alkanes) is 1. The van der Waals surface area contributed by atoms with Gasteiger partial charge >= 0.3 is 11.9 Å². The Bertz CT molecular complexity index is 1540. The first kappa shape index (κ1) is 38.8. The molecular weight excluding hydrogens is 634 g/mol. The van der Waals surface area contributed by atoms with E-state index in [9.17, 15) is 14.4 Å². The van der Waals surface area contributed by atoms with E-state index in [1.54, 1.807) is 51.0 Å². The Morgan fingerprint density at radius 1 is 1.04 bits per heavy atom. The van der Waals surface area contributed by atoms with Crippen molar-refractivity contribution in [2.45, 2.75) is 124 Å². The minimum absolute atomic E-state index is 0.0866. The van der Waals surface area contributed by atoms with Crippen LogP contribution in [-0.4, -0.2) is 70.2 Å². The summed E-state index contributed by atoms with van der Waals surface area (Å²) in [6.45, 7) is 21.0. The lowest BCUT2D eigenvalue weighted by Gasteiger charge is -2.36. The molecule has 0 N–H and O–H groups in total. The number of rotatable bonds is 14. The molecule has 0 spiro atoms. The molecule has 0 unspecified atom stereocenters. The molecule has 10 heteroatoms. The molecule has 6 atom stereocenters. The Balaban J connectivity index is 1.64. The van der Waals surface area contributed by atoms with E-state index >= 15 is 0 Å². The van der Waals surface area contributed by atoms with Crippen molar-refractivity contribution in [2.24, 2.45) is 23.2 Å². The molecule has 0 bridgehead atoms. The predicted octanol–water partition coefficient (Wildman–Crippen LogP) is 7.73. The number of hydrogen-bond acceptors (Lipinski definition) is 9. The Morgan fingerprint density at radius 2 is 1.78 bits per heavy atom. The summed E-state index contributed by atoms with van der Waals surface area (Å²) in [5.74, 6) is -1.17. The van der Waals surface area contributed by atoms with Crippen LogP contribution in [-0.2, 0) is 23.9 Å². The van der Waals surface area contributed by atoms with Crippen LogP contribution in [0.3, 0.4) is 0 Å². The summed E-state index contributed by atoms with van der Waals surface area (Å²) >= 11 is 0. The number of fused-ring (bicyclic) bond motifs is 1. The molecule has 2 fully saturated rings. The van der Waals surface area contributed by atoms with E-state index in [1.807, 2.05) is 39.8 Å². The Morgan fingerprint density at radius 3 is 2.40 bits per heavy atom. The van der Waals surface area contributed by atoms with Crippen LogP contribution < -0.4 is 9.47 Å². The topological polar surface area (TPSA) is 117 Å². The summed E-state index contributed by atoms with van der Waals surface area (Å²) in [5, 5.41) is 0. The zero-order valence-electron chi connectivity index (χ0n) is 31.3. The largest absolute Gasteiger partial charge is 0.497 e. The van der Waals surface area contributed by atoms with E-state index in [-0.39, 0.29) is 36.8 Å². The van der Waals surface area contributed by atoms with Gasteiger partial charge in [-0.3, -0.25) is 9.59 Å². The Hall–Kier alpha value is -3.95. The lowest BCUT2D eigenvalue weighted by Crippen LogP contribution is -2.50. The quantitative estimate of drug-likeness (QED) is 0.111. The number of methoxy groups -OCH3 is 1. The number of nitrogens with zero attached hydrogens (tertiary/aromatic N) is 3. The minimum Gasteiger partial charge on any atom is -0.497 e. The summed E-state index contributed by atoms with van der Waals surface area (Å²) in [7, 11) is 1.58. The summed E-state index contributed by atoms with van der Waals surface area (Å²) in [5.41, 5.74) is 0.284. The zero-order valence-corrected chi connectivity index (χ0v) is 31.3. The highest BCUT2D eigenvalue weighted by atomic mass is 16.6. The fourth-order valence-corrected chi connectivity index (χ4v) is 7.26. The van der Waals surface area contributed by atoms with Crippen molar-refractivity contribution < 1.29 is 33.3 Å². The van der Waals surface area contributed by atoms with Crippen molar-refractivity contribution in [3.05, 3.63) is 43.1 Å². The van der Waals surface area contributed by atoms with Crippen LogP contribution in [0.15, 0.2) is 37.4 Å². The monoisotopic (exact) mass is 691 g/mol. The van der Waals surface area contributed by atoms with Gasteiger partial charge in [0.1, 0.15) is 35.3 Å². The molecule has 1 amide bonds. The molecule has 1 aromatic carbocycles. The average Bonchev–Trinajstić information content (AvgIpc) is 3.65. The van der Waals surface area contributed by atoms with Crippen molar-refractivity contribution >= 4 is 35.0 Å². The fraction of sp³-hybridized carbons (Fsp3) is 0.625. The minimum atomic E-state index is -0.928. The first-order valence-corrected chi connectivity index (χ1v) is 18.1. The van der Waals surface area contributed by atoms with Gasteiger partial charge in [-0.1, -0.05) is 40.3 Å². The molecule has 10 nitrogen and oxygen atoms in total. The van der Waals surface area contributed by atoms with Crippen molar-refractivity contribution in [1.82, 2.24) is 14.9 Å². The third-order valence-corrected chi connectivity index (χ3v) is 9.89. The van der Waals surface area contributed by atoms with E-state index in [2.05, 4.69) is 13.2 Å². The first-order valence-electron chi connectivity index (χ1n) is 18.1. The highest BCUT2D eigenvalue weighted by molar-refractivity contribution is 5.90. The maximum absolute atomic E-state index is 14.7. The summed E-state index contributed by atoms with van der Waals surface area (Å²) in [6.07, 6.45) is 9.00. The van der Waals surface area contributed by atoms with Crippen molar-refractivity contribution in [3.63, 3.8) is 0 Å². The van der Waals surface area contributed by atoms with Gasteiger partial charge < -0.3 is 23.8 Å². The first-order chi connectivity index (χ1) is 23.6. The fourth-order valence-electron chi connectivity index (χ4n) is 7.26. The molecule has 1 aromatic heterocycles. The molecule has 274 valence electrons. The summed E-state index contributed by atoms with van der Waals surface area (Å²) < 4.78 is 23.9. The van der Waals surface area contributed by atoms with Gasteiger partial charge in [-0.05, 0) is 95.3 Å². The maximum Gasteiger partial charge on any atom is 0.329 e. The lowest BCUT2D eigenvalue weighted by molar-refractivity contribution is -0.167. The van der Waals surface area contributed by atoms with Crippen molar-refractivity contribution in [2.75, 3.05) is 13.7 Å². The van der Waals surface area contributed by atoms with Gasteiger partial charge in [-0.2, -0.15) is 0 Å². The predicted molar refractivity (Wildman–Crippen MR) is 195 cm³/mol. The van der Waals surface area contributed by atoms with Gasteiger partial charge in [0.05, 0.1) is 37.0 Å². The van der Waals surface area contributed by atoms with E-state index in [1.165, 1.54) is 0 Å². The van der Waals surface area contributed by atoms with Gasteiger partial charge in [0.2, 0.25) is 11.8 Å². The molecule has 2 aliphatic rings. The van der Waals surface area contributed by atoms with Crippen LogP contribution >= 0.6 is 0 Å². The second-order valence-electron chi connectivity index (χ2n) is 15.7. The van der Waals surface area contributed by atoms with Gasteiger partial charge in [0.25, 0.3) is 0 Å². The molecule has 1 aliphatic carbocycles. The number of benzene rings is 1. The van der Waals surface area contributed by atoms with Gasteiger partial charge in [0, 0.05) is 12.0 Å². The maximum atomic E-state index is 14.7. The van der Waals surface area contributed by atoms with E-state index in [0.717, 1.165) is 38.5 Å². The van der Waals surface area contributed by atoms with Gasteiger partial charge in [0.15, 0.2) is 0 Å². The number of ether oxygens (including phenoxy) is 4. The smallest absolute Gasteiger partial charge is 0.329 e. The molecule has 1 saturated carbocycles. The van der Waals surface area contributed by atoms with Crippen molar-refractivity contribution in [3.8, 4) is 11.6 Å². The number of amides is 1. The molecule has 1 aliphatic heterocycles.